The van der Waals surface area contributed by atoms with Gasteiger partial charge in [0.15, 0.2) is 0 Å². The van der Waals surface area contributed by atoms with Crippen LogP contribution in [0, 0.1) is 0 Å². The Morgan fingerprint density at radius 3 is 2.88 bits per heavy atom. The van der Waals surface area contributed by atoms with Gasteiger partial charge in [0, 0.05) is 25.3 Å². The summed E-state index contributed by atoms with van der Waals surface area (Å²) in [5.41, 5.74) is 2.26. The van der Waals surface area contributed by atoms with Crippen LogP contribution in [0.1, 0.15) is 31.9 Å². The molecule has 0 N–H and O–H groups in total. The van der Waals surface area contributed by atoms with Crippen molar-refractivity contribution in [1.29, 1.82) is 0 Å². The molecule has 2 aromatic rings. The number of aryl methyl sites for hydroxylation is 2. The number of hydrogen-bond acceptors (Lipinski definition) is 2. The molecule has 1 aromatic heterocycles. The molecule has 0 saturated heterocycles. The summed E-state index contributed by atoms with van der Waals surface area (Å²) >= 11 is 0. The number of nitrogens with zero attached hydrogens (tertiary/aromatic N) is 2. The van der Waals surface area contributed by atoms with Crippen LogP contribution in [-0.4, -0.2) is 15.6 Å². The molecule has 0 aliphatic carbocycles. The van der Waals surface area contributed by atoms with E-state index in [9.17, 15) is 4.79 Å². The van der Waals surface area contributed by atoms with E-state index in [2.05, 4.69) is 17.2 Å². The monoisotopic (exact) mass is 230 g/mol. The van der Waals surface area contributed by atoms with Crippen LogP contribution in [0.25, 0.3) is 10.9 Å². The lowest BCUT2D eigenvalue weighted by Gasteiger charge is -1.97. The van der Waals surface area contributed by atoms with Gasteiger partial charge in [-0.1, -0.05) is 25.1 Å². The van der Waals surface area contributed by atoms with Gasteiger partial charge in [-0.15, -0.1) is 0 Å². The lowest BCUT2D eigenvalue weighted by atomic mass is 10.1. The fourth-order valence-corrected chi connectivity index (χ4v) is 2.10. The Labute approximate surface area is 101 Å². The van der Waals surface area contributed by atoms with Crippen molar-refractivity contribution in [2.45, 2.75) is 32.6 Å². The van der Waals surface area contributed by atoms with E-state index < -0.39 is 0 Å². The largest absolute Gasteiger partial charge is 0.300 e. The van der Waals surface area contributed by atoms with Crippen LogP contribution in [-0.2, 0) is 18.3 Å². The molecular weight excluding hydrogens is 212 g/mol. The zero-order chi connectivity index (χ0) is 12.3. The first-order valence-corrected chi connectivity index (χ1v) is 6.14. The molecule has 0 aliphatic rings. The third-order valence-corrected chi connectivity index (χ3v) is 3.10. The zero-order valence-electron chi connectivity index (χ0n) is 10.4. The van der Waals surface area contributed by atoms with Crippen LogP contribution < -0.4 is 0 Å². The van der Waals surface area contributed by atoms with Crippen LogP contribution >= 0.6 is 0 Å². The van der Waals surface area contributed by atoms with Crippen molar-refractivity contribution < 1.29 is 4.79 Å². The summed E-state index contributed by atoms with van der Waals surface area (Å²) in [6, 6.07) is 8.22. The molecule has 0 spiro atoms. The molecule has 1 heterocycles. The number of para-hydroxylation sites is 1. The molecule has 0 fully saturated rings. The van der Waals surface area contributed by atoms with Crippen molar-refractivity contribution in [2.75, 3.05) is 0 Å². The van der Waals surface area contributed by atoms with Gasteiger partial charge in [-0.25, -0.2) is 0 Å². The summed E-state index contributed by atoms with van der Waals surface area (Å²) in [4.78, 5) is 11.2. The number of carbonyl (C=O) groups excluding carboxylic acids is 1. The molecule has 0 saturated carbocycles. The number of ketones is 1. The third kappa shape index (κ3) is 2.54. The van der Waals surface area contributed by atoms with Gasteiger partial charge >= 0.3 is 0 Å². The molecule has 0 aliphatic heterocycles. The topological polar surface area (TPSA) is 34.9 Å². The van der Waals surface area contributed by atoms with Crippen molar-refractivity contribution in [3.8, 4) is 0 Å². The molecule has 90 valence electrons. The highest BCUT2D eigenvalue weighted by atomic mass is 16.1. The second-order valence-electron chi connectivity index (χ2n) is 4.33. The lowest BCUT2D eigenvalue weighted by molar-refractivity contribution is -0.118. The lowest BCUT2D eigenvalue weighted by Crippen LogP contribution is -1.97. The van der Waals surface area contributed by atoms with Gasteiger partial charge in [0.2, 0.25) is 0 Å². The molecule has 0 atom stereocenters. The van der Waals surface area contributed by atoms with Crippen molar-refractivity contribution in [1.82, 2.24) is 9.78 Å². The highest BCUT2D eigenvalue weighted by Crippen LogP contribution is 2.19. The van der Waals surface area contributed by atoms with E-state index in [4.69, 9.17) is 0 Å². The first-order valence-electron chi connectivity index (χ1n) is 6.14. The molecule has 17 heavy (non-hydrogen) atoms. The molecule has 0 unspecified atom stereocenters. The highest BCUT2D eigenvalue weighted by Gasteiger charge is 2.08. The molecule has 0 radical (unpaired) electrons. The number of aromatic nitrogens is 2. The Balaban J connectivity index is 2.11. The summed E-state index contributed by atoms with van der Waals surface area (Å²) in [5, 5.41) is 5.73. The number of rotatable bonds is 5. The van der Waals surface area contributed by atoms with E-state index in [1.165, 1.54) is 5.39 Å². The van der Waals surface area contributed by atoms with Crippen LogP contribution in [0.5, 0.6) is 0 Å². The zero-order valence-corrected chi connectivity index (χ0v) is 10.4. The fourth-order valence-electron chi connectivity index (χ4n) is 2.10. The molecule has 1 aromatic carbocycles. The molecule has 0 amide bonds. The first kappa shape index (κ1) is 11.8. The minimum absolute atomic E-state index is 0.338. The van der Waals surface area contributed by atoms with E-state index in [0.717, 1.165) is 24.1 Å². The third-order valence-electron chi connectivity index (χ3n) is 3.10. The molecule has 3 heteroatoms. The first-order chi connectivity index (χ1) is 8.22. The number of carbonyl (C=O) groups is 1. The van der Waals surface area contributed by atoms with Gasteiger partial charge < -0.3 is 0 Å². The normalized spacial score (nSPS) is 10.9. The summed E-state index contributed by atoms with van der Waals surface area (Å²) in [5.74, 6) is 0.338. The van der Waals surface area contributed by atoms with Gasteiger partial charge in [-0.05, 0) is 18.9 Å². The van der Waals surface area contributed by atoms with Gasteiger partial charge in [0.1, 0.15) is 5.78 Å². The smallest absolute Gasteiger partial charge is 0.132 e. The van der Waals surface area contributed by atoms with Gasteiger partial charge in [-0.2, -0.15) is 5.10 Å². The van der Waals surface area contributed by atoms with Gasteiger partial charge in [0.05, 0.1) is 11.2 Å². The van der Waals surface area contributed by atoms with E-state index in [0.29, 0.717) is 18.6 Å². The Hall–Kier alpha value is -1.64. The highest BCUT2D eigenvalue weighted by molar-refractivity contribution is 5.82. The SMILES string of the molecule is CCC(=O)CCCc1nn(C)c2ccccc12. The average Bonchev–Trinajstić information content (AvgIpc) is 2.67. The van der Waals surface area contributed by atoms with E-state index in [-0.39, 0.29) is 0 Å². The molecule has 2 rings (SSSR count). The van der Waals surface area contributed by atoms with Crippen LogP contribution in [0.15, 0.2) is 24.3 Å². The second kappa shape index (κ2) is 5.13. The Morgan fingerprint density at radius 2 is 2.12 bits per heavy atom. The number of hydrogen-bond donors (Lipinski definition) is 0. The van der Waals surface area contributed by atoms with Gasteiger partial charge in [-0.3, -0.25) is 9.48 Å². The van der Waals surface area contributed by atoms with Crippen molar-refractivity contribution in [2.24, 2.45) is 7.05 Å². The summed E-state index contributed by atoms with van der Waals surface area (Å²) in [6.45, 7) is 1.92. The van der Waals surface area contributed by atoms with E-state index in [1.54, 1.807) is 0 Å². The fraction of sp³-hybridized carbons (Fsp3) is 0.429. The van der Waals surface area contributed by atoms with Gasteiger partial charge in [0.25, 0.3) is 0 Å². The number of benzene rings is 1. The summed E-state index contributed by atoms with van der Waals surface area (Å²) in [6.07, 6.45) is 3.09. The number of fused-ring (bicyclic) bond motifs is 1. The van der Waals surface area contributed by atoms with E-state index >= 15 is 0 Å². The van der Waals surface area contributed by atoms with Crippen LogP contribution in [0.4, 0.5) is 0 Å². The second-order valence-corrected chi connectivity index (χ2v) is 4.33. The Morgan fingerprint density at radius 1 is 1.35 bits per heavy atom. The predicted octanol–water partition coefficient (Wildman–Crippen LogP) is 2.88. The maximum atomic E-state index is 11.2. The van der Waals surface area contributed by atoms with Crippen LogP contribution in [0.3, 0.4) is 0 Å². The number of Topliss-reactive ketones (excluding diaryl/α,β-unsaturated/α-hetero) is 1. The van der Waals surface area contributed by atoms with Crippen LogP contribution in [0.2, 0.25) is 0 Å². The van der Waals surface area contributed by atoms with Crippen molar-refractivity contribution in [3.63, 3.8) is 0 Å². The minimum atomic E-state index is 0.338. The molecule has 0 bridgehead atoms. The van der Waals surface area contributed by atoms with Crippen molar-refractivity contribution in [3.05, 3.63) is 30.0 Å². The predicted molar refractivity (Wildman–Crippen MR) is 69.0 cm³/mol. The van der Waals surface area contributed by atoms with E-state index in [1.807, 2.05) is 30.8 Å². The maximum Gasteiger partial charge on any atom is 0.132 e. The van der Waals surface area contributed by atoms with Crippen molar-refractivity contribution >= 4 is 16.7 Å². The summed E-state index contributed by atoms with van der Waals surface area (Å²) in [7, 11) is 1.96. The summed E-state index contributed by atoms with van der Waals surface area (Å²) < 4.78 is 1.91. The Bertz CT molecular complexity index is 528. The Kier molecular flexibility index (Phi) is 3.57. The molecular formula is C14H18N2O. The quantitative estimate of drug-likeness (QED) is 0.791. The minimum Gasteiger partial charge on any atom is -0.300 e. The maximum absolute atomic E-state index is 11.2. The average molecular weight is 230 g/mol. The standard InChI is InChI=1S/C14H18N2O/c1-3-11(17)7-6-9-13-12-8-4-5-10-14(12)16(2)15-13/h4-5,8,10H,3,6-7,9H2,1-2H3. The molecule has 3 nitrogen and oxygen atoms in total.